The number of rotatable bonds is 4. The molecule has 0 bridgehead atoms. The maximum absolute atomic E-state index is 13.9. The van der Waals surface area contributed by atoms with Crippen LogP contribution in [0.15, 0.2) is 101 Å². The van der Waals surface area contributed by atoms with Crippen molar-refractivity contribution in [3.05, 3.63) is 107 Å². The fraction of sp³-hybridized carbons (Fsp3) is 0.138. The molecule has 3 aromatic heterocycles. The van der Waals surface area contributed by atoms with Gasteiger partial charge in [0.05, 0.1) is 10.9 Å². The van der Waals surface area contributed by atoms with Crippen LogP contribution in [-0.2, 0) is 5.54 Å². The summed E-state index contributed by atoms with van der Waals surface area (Å²) < 4.78 is 6.51. The smallest absolute Gasteiger partial charge is 0.201 e. The predicted octanol–water partition coefficient (Wildman–Crippen LogP) is 5.92. The minimum absolute atomic E-state index is 0.0912. The summed E-state index contributed by atoms with van der Waals surface area (Å²) in [6, 6.07) is 23.2. The van der Waals surface area contributed by atoms with E-state index in [1.807, 2.05) is 66.7 Å². The lowest BCUT2D eigenvalue weighted by Gasteiger charge is -2.38. The molecule has 5 nitrogen and oxygen atoms in total. The fourth-order valence-corrected chi connectivity index (χ4v) is 4.70. The van der Waals surface area contributed by atoms with Crippen molar-refractivity contribution in [3.8, 4) is 33.7 Å². The molecule has 0 aliphatic heterocycles. The second kappa shape index (κ2) is 8.04. The lowest BCUT2D eigenvalue weighted by molar-refractivity contribution is 0.253. The average molecular weight is 446 g/mol. The van der Waals surface area contributed by atoms with Crippen LogP contribution in [0.2, 0.25) is 0 Å². The van der Waals surface area contributed by atoms with Crippen LogP contribution in [0.1, 0.15) is 24.8 Å². The summed E-state index contributed by atoms with van der Waals surface area (Å²) in [6.45, 7) is 0. The summed E-state index contributed by atoms with van der Waals surface area (Å²) in [6.07, 6.45) is 8.20. The van der Waals surface area contributed by atoms with Crippen LogP contribution in [0.25, 0.3) is 44.7 Å². The molecule has 0 atom stereocenters. The molecular weight excluding hydrogens is 422 g/mol. The molecule has 1 fully saturated rings. The Morgan fingerprint density at radius 2 is 1.59 bits per heavy atom. The molecular formula is C29H23N3O2. The number of fused-ring (bicyclic) bond motifs is 1. The van der Waals surface area contributed by atoms with E-state index in [0.29, 0.717) is 28.0 Å². The van der Waals surface area contributed by atoms with Gasteiger partial charge in [0.2, 0.25) is 5.43 Å². The van der Waals surface area contributed by atoms with Crippen LogP contribution in [0, 0.1) is 0 Å². The van der Waals surface area contributed by atoms with Gasteiger partial charge in [-0.15, -0.1) is 0 Å². The molecule has 0 spiro atoms. The summed E-state index contributed by atoms with van der Waals surface area (Å²) in [7, 11) is 0. The normalized spacial score (nSPS) is 14.6. The van der Waals surface area contributed by atoms with Gasteiger partial charge in [0, 0.05) is 35.3 Å². The Bertz CT molecular complexity index is 1540. The Morgan fingerprint density at radius 1 is 0.824 bits per heavy atom. The summed E-state index contributed by atoms with van der Waals surface area (Å²) in [4.78, 5) is 22.7. The summed E-state index contributed by atoms with van der Waals surface area (Å²) >= 11 is 0. The van der Waals surface area contributed by atoms with E-state index in [1.54, 1.807) is 24.7 Å². The Hall–Kier alpha value is -4.09. The van der Waals surface area contributed by atoms with Crippen LogP contribution in [0.3, 0.4) is 0 Å². The van der Waals surface area contributed by atoms with Gasteiger partial charge in [-0.2, -0.15) is 0 Å². The van der Waals surface area contributed by atoms with Crippen molar-refractivity contribution in [2.45, 2.75) is 24.8 Å². The number of hydrogen-bond acceptors (Lipinski definition) is 5. The van der Waals surface area contributed by atoms with Crippen molar-refractivity contribution < 1.29 is 4.42 Å². The lowest BCUT2D eigenvalue weighted by atomic mass is 9.72. The monoisotopic (exact) mass is 445 g/mol. The summed E-state index contributed by atoms with van der Waals surface area (Å²) in [5.41, 5.74) is 11.3. The second-order valence-electron chi connectivity index (χ2n) is 8.87. The summed E-state index contributed by atoms with van der Waals surface area (Å²) in [5, 5.41) is 0.488. The van der Waals surface area contributed by atoms with Gasteiger partial charge in [-0.3, -0.25) is 14.8 Å². The van der Waals surface area contributed by atoms with E-state index in [2.05, 4.69) is 9.97 Å². The first-order valence-electron chi connectivity index (χ1n) is 11.5. The van der Waals surface area contributed by atoms with Crippen LogP contribution >= 0.6 is 0 Å². The van der Waals surface area contributed by atoms with Gasteiger partial charge in [-0.25, -0.2) is 0 Å². The zero-order valence-corrected chi connectivity index (χ0v) is 18.6. The van der Waals surface area contributed by atoms with Crippen molar-refractivity contribution in [2.75, 3.05) is 0 Å². The predicted molar refractivity (Wildman–Crippen MR) is 134 cm³/mol. The van der Waals surface area contributed by atoms with E-state index >= 15 is 0 Å². The van der Waals surface area contributed by atoms with Gasteiger partial charge in [-0.1, -0.05) is 54.6 Å². The number of nitrogens with zero attached hydrogens (tertiary/aromatic N) is 2. The van der Waals surface area contributed by atoms with Gasteiger partial charge in [-0.05, 0) is 48.6 Å². The molecule has 1 aliphatic carbocycles. The minimum atomic E-state index is -0.251. The molecule has 0 saturated heterocycles. The average Bonchev–Trinajstić information content (AvgIpc) is 2.88. The van der Waals surface area contributed by atoms with Gasteiger partial charge in [0.1, 0.15) is 11.5 Å². The standard InChI is InChI=1S/C29H23N3O2/c30-29(14-5-15-29)22-11-9-19(10-12-22)24-26(33)23-13-17-32-25(21-8-4-16-31-18-21)28(23)34-27(24)20-6-2-1-3-7-20/h1-4,6-13,16-18H,5,14-15,30H2. The third kappa shape index (κ3) is 3.33. The Kier molecular flexibility index (Phi) is 4.85. The molecule has 166 valence electrons. The zero-order chi connectivity index (χ0) is 23.1. The van der Waals surface area contributed by atoms with Crippen LogP contribution in [0.4, 0.5) is 0 Å². The number of benzene rings is 2. The molecule has 6 rings (SSSR count). The fourth-order valence-electron chi connectivity index (χ4n) is 4.70. The Labute approximate surface area is 196 Å². The highest BCUT2D eigenvalue weighted by molar-refractivity contribution is 5.95. The van der Waals surface area contributed by atoms with Gasteiger partial charge in [0.25, 0.3) is 0 Å². The highest BCUT2D eigenvalue weighted by atomic mass is 16.3. The SMILES string of the molecule is NC1(c2ccc(-c3c(-c4ccccc4)oc4c(-c5cccnc5)nccc4c3=O)cc2)CCC1. The van der Waals surface area contributed by atoms with Gasteiger partial charge >= 0.3 is 0 Å². The minimum Gasteiger partial charge on any atom is -0.453 e. The van der Waals surface area contributed by atoms with Crippen molar-refractivity contribution in [2.24, 2.45) is 5.73 Å². The van der Waals surface area contributed by atoms with Crippen LogP contribution in [-0.4, -0.2) is 9.97 Å². The third-order valence-corrected chi connectivity index (χ3v) is 6.77. The van der Waals surface area contributed by atoms with Crippen molar-refractivity contribution in [3.63, 3.8) is 0 Å². The molecule has 2 N–H and O–H groups in total. The number of nitrogens with two attached hydrogens (primary N) is 1. The van der Waals surface area contributed by atoms with Crippen molar-refractivity contribution >= 4 is 11.0 Å². The molecule has 34 heavy (non-hydrogen) atoms. The quantitative estimate of drug-likeness (QED) is 0.371. The molecule has 2 aromatic carbocycles. The first kappa shape index (κ1) is 20.5. The summed E-state index contributed by atoms with van der Waals surface area (Å²) in [5.74, 6) is 0.523. The Balaban J connectivity index is 1.61. The first-order chi connectivity index (χ1) is 16.6. The number of aromatic nitrogens is 2. The van der Waals surface area contributed by atoms with Gasteiger partial charge < -0.3 is 10.2 Å². The molecule has 0 radical (unpaired) electrons. The van der Waals surface area contributed by atoms with Crippen LogP contribution in [0.5, 0.6) is 0 Å². The van der Waals surface area contributed by atoms with Gasteiger partial charge in [0.15, 0.2) is 5.58 Å². The van der Waals surface area contributed by atoms with E-state index in [9.17, 15) is 4.79 Å². The van der Waals surface area contributed by atoms with E-state index in [1.165, 1.54) is 0 Å². The molecule has 1 saturated carbocycles. The topological polar surface area (TPSA) is 82.0 Å². The highest BCUT2D eigenvalue weighted by Crippen LogP contribution is 2.40. The van der Waals surface area contributed by atoms with E-state index in [-0.39, 0.29) is 11.0 Å². The molecule has 1 aliphatic rings. The lowest BCUT2D eigenvalue weighted by Crippen LogP contribution is -2.43. The maximum Gasteiger partial charge on any atom is 0.201 e. The number of hydrogen-bond donors (Lipinski definition) is 1. The zero-order valence-electron chi connectivity index (χ0n) is 18.6. The third-order valence-electron chi connectivity index (χ3n) is 6.77. The van der Waals surface area contributed by atoms with E-state index in [0.717, 1.165) is 41.5 Å². The molecule has 5 aromatic rings. The number of pyridine rings is 2. The molecule has 3 heterocycles. The molecule has 5 heteroatoms. The van der Waals surface area contributed by atoms with E-state index in [4.69, 9.17) is 10.2 Å². The van der Waals surface area contributed by atoms with Crippen LogP contribution < -0.4 is 11.2 Å². The highest BCUT2D eigenvalue weighted by Gasteiger charge is 2.34. The second-order valence-corrected chi connectivity index (χ2v) is 8.87. The van der Waals surface area contributed by atoms with Crippen molar-refractivity contribution in [1.29, 1.82) is 0 Å². The largest absolute Gasteiger partial charge is 0.453 e. The molecule has 0 amide bonds. The van der Waals surface area contributed by atoms with E-state index < -0.39 is 0 Å². The molecule has 0 unspecified atom stereocenters. The maximum atomic E-state index is 13.9. The Morgan fingerprint density at radius 3 is 2.26 bits per heavy atom. The van der Waals surface area contributed by atoms with Crippen molar-refractivity contribution in [1.82, 2.24) is 9.97 Å². The first-order valence-corrected chi connectivity index (χ1v) is 11.5.